The summed E-state index contributed by atoms with van der Waals surface area (Å²) in [6.45, 7) is 0.363. The smallest absolute Gasteiger partial charge is 0.337 e. The summed E-state index contributed by atoms with van der Waals surface area (Å²) in [7, 11) is 4.30. The van der Waals surface area contributed by atoms with Gasteiger partial charge in [0.05, 0.1) is 32.6 Å². The molecular weight excluding hydrogens is 374 g/mol. The van der Waals surface area contributed by atoms with Crippen molar-refractivity contribution in [3.05, 3.63) is 65.4 Å². The quantitative estimate of drug-likeness (QED) is 0.402. The Morgan fingerprint density at radius 3 is 2.38 bits per heavy atom. The standard InChI is InChI=1S/C21H21N3O5/c1-27-17-8-9-19(28-2)18(10-17)24-20(25)16(11-22)13-23-12-14-4-6-15(7-5-14)21(26)29-3/h4-10,13,23H,12H2,1-3H3,(H,24,25)/b16-13-. The van der Waals surface area contributed by atoms with Gasteiger partial charge in [0, 0.05) is 18.8 Å². The Hall–Kier alpha value is -3.99. The lowest BCUT2D eigenvalue weighted by molar-refractivity contribution is -0.112. The molecule has 29 heavy (non-hydrogen) atoms. The van der Waals surface area contributed by atoms with Crippen molar-refractivity contribution in [3.8, 4) is 17.6 Å². The maximum absolute atomic E-state index is 12.4. The van der Waals surface area contributed by atoms with Crippen LogP contribution in [0.25, 0.3) is 0 Å². The van der Waals surface area contributed by atoms with Gasteiger partial charge >= 0.3 is 5.97 Å². The molecule has 8 heteroatoms. The summed E-state index contributed by atoms with van der Waals surface area (Å²) in [6.07, 6.45) is 1.33. The maximum Gasteiger partial charge on any atom is 0.337 e. The van der Waals surface area contributed by atoms with Crippen LogP contribution in [0.4, 0.5) is 5.69 Å². The Morgan fingerprint density at radius 2 is 1.79 bits per heavy atom. The van der Waals surface area contributed by atoms with Crippen molar-refractivity contribution in [3.63, 3.8) is 0 Å². The van der Waals surface area contributed by atoms with Gasteiger partial charge in [-0.3, -0.25) is 4.79 Å². The molecule has 0 saturated carbocycles. The molecule has 0 atom stereocenters. The number of carbonyl (C=O) groups excluding carboxylic acids is 2. The topological polar surface area (TPSA) is 110 Å². The second-order valence-electron chi connectivity index (χ2n) is 5.76. The van der Waals surface area contributed by atoms with E-state index < -0.39 is 11.9 Å². The Bertz CT molecular complexity index is 946. The van der Waals surface area contributed by atoms with Crippen LogP contribution in [0.1, 0.15) is 15.9 Å². The van der Waals surface area contributed by atoms with Crippen LogP contribution in [0, 0.1) is 11.3 Å². The van der Waals surface area contributed by atoms with Crippen LogP contribution in [-0.4, -0.2) is 33.2 Å². The lowest BCUT2D eigenvalue weighted by Gasteiger charge is -2.11. The Morgan fingerprint density at radius 1 is 1.07 bits per heavy atom. The largest absolute Gasteiger partial charge is 0.497 e. The number of esters is 1. The average Bonchev–Trinajstić information content (AvgIpc) is 2.76. The molecule has 8 nitrogen and oxygen atoms in total. The number of hydrogen-bond donors (Lipinski definition) is 2. The van der Waals surface area contributed by atoms with Crippen LogP contribution < -0.4 is 20.1 Å². The zero-order valence-corrected chi connectivity index (χ0v) is 16.3. The summed E-state index contributed by atoms with van der Waals surface area (Å²) in [6, 6.07) is 13.6. The molecule has 2 rings (SSSR count). The third kappa shape index (κ3) is 5.74. The fourth-order valence-electron chi connectivity index (χ4n) is 2.40. The van der Waals surface area contributed by atoms with Crippen LogP contribution in [0.15, 0.2) is 54.2 Å². The highest BCUT2D eigenvalue weighted by molar-refractivity contribution is 6.07. The second-order valence-corrected chi connectivity index (χ2v) is 5.76. The number of benzene rings is 2. The molecule has 1 amide bonds. The van der Waals surface area contributed by atoms with E-state index in [4.69, 9.17) is 9.47 Å². The van der Waals surface area contributed by atoms with Crippen LogP contribution in [-0.2, 0) is 16.1 Å². The number of methoxy groups -OCH3 is 3. The normalized spacial score (nSPS) is 10.5. The number of anilines is 1. The fraction of sp³-hybridized carbons (Fsp3) is 0.190. The first-order chi connectivity index (χ1) is 14.0. The minimum absolute atomic E-state index is 0.110. The number of nitriles is 1. The van der Waals surface area contributed by atoms with E-state index in [9.17, 15) is 14.9 Å². The molecule has 0 bridgehead atoms. The van der Waals surface area contributed by atoms with Crippen LogP contribution in [0.2, 0.25) is 0 Å². The van der Waals surface area contributed by atoms with E-state index in [0.717, 1.165) is 5.56 Å². The van der Waals surface area contributed by atoms with Crippen molar-refractivity contribution < 1.29 is 23.8 Å². The second kappa shape index (κ2) is 10.4. The minimum Gasteiger partial charge on any atom is -0.497 e. The van der Waals surface area contributed by atoms with E-state index in [1.54, 1.807) is 42.5 Å². The van der Waals surface area contributed by atoms with E-state index in [1.807, 2.05) is 6.07 Å². The van der Waals surface area contributed by atoms with Crippen molar-refractivity contribution in [1.29, 1.82) is 5.26 Å². The Balaban J connectivity index is 2.03. The van der Waals surface area contributed by atoms with E-state index in [1.165, 1.54) is 27.5 Å². The van der Waals surface area contributed by atoms with Gasteiger partial charge in [0.25, 0.3) is 5.91 Å². The molecule has 0 aliphatic rings. The lowest BCUT2D eigenvalue weighted by Crippen LogP contribution is -2.17. The molecule has 0 aliphatic carbocycles. The summed E-state index contributed by atoms with van der Waals surface area (Å²) in [5, 5.41) is 14.8. The van der Waals surface area contributed by atoms with Crippen LogP contribution in [0.3, 0.4) is 0 Å². The molecule has 2 aromatic rings. The number of rotatable bonds is 8. The van der Waals surface area contributed by atoms with Gasteiger partial charge < -0.3 is 24.8 Å². The molecule has 0 radical (unpaired) electrons. The first kappa shape index (κ1) is 21.3. The number of nitrogens with zero attached hydrogens (tertiary/aromatic N) is 1. The molecule has 0 fully saturated rings. The number of ether oxygens (including phenoxy) is 3. The molecule has 0 unspecified atom stereocenters. The van der Waals surface area contributed by atoms with E-state index in [-0.39, 0.29) is 5.57 Å². The molecular formula is C21H21N3O5. The minimum atomic E-state index is -0.590. The fourth-order valence-corrected chi connectivity index (χ4v) is 2.40. The zero-order chi connectivity index (χ0) is 21.2. The molecule has 2 N–H and O–H groups in total. The van der Waals surface area contributed by atoms with Gasteiger partial charge in [-0.2, -0.15) is 5.26 Å². The first-order valence-corrected chi connectivity index (χ1v) is 8.56. The van der Waals surface area contributed by atoms with Gasteiger partial charge in [0.15, 0.2) is 0 Å². The van der Waals surface area contributed by atoms with E-state index >= 15 is 0 Å². The molecule has 0 saturated heterocycles. The molecule has 0 heterocycles. The third-order valence-electron chi connectivity index (χ3n) is 3.95. The number of nitrogens with one attached hydrogen (secondary N) is 2. The predicted molar refractivity (Wildman–Crippen MR) is 106 cm³/mol. The molecule has 0 spiro atoms. The van der Waals surface area contributed by atoms with Crippen molar-refractivity contribution in [2.45, 2.75) is 6.54 Å². The van der Waals surface area contributed by atoms with Crippen molar-refractivity contribution >= 4 is 17.6 Å². The van der Waals surface area contributed by atoms with Gasteiger partial charge in [0.2, 0.25) is 0 Å². The average molecular weight is 395 g/mol. The summed E-state index contributed by atoms with van der Waals surface area (Å²) in [4.78, 5) is 23.9. The van der Waals surface area contributed by atoms with E-state index in [0.29, 0.717) is 29.3 Å². The zero-order valence-electron chi connectivity index (χ0n) is 16.3. The SMILES string of the molecule is COC(=O)c1ccc(CN/C=C(/C#N)C(=O)Nc2cc(OC)ccc2OC)cc1. The number of hydrogen-bond acceptors (Lipinski definition) is 7. The molecule has 0 aromatic heterocycles. The van der Waals surface area contributed by atoms with Gasteiger partial charge in [-0.25, -0.2) is 4.79 Å². The van der Waals surface area contributed by atoms with Gasteiger partial charge in [-0.05, 0) is 29.8 Å². The highest BCUT2D eigenvalue weighted by atomic mass is 16.5. The monoisotopic (exact) mass is 395 g/mol. The summed E-state index contributed by atoms with van der Waals surface area (Å²) in [5.74, 6) is -0.0272. The highest BCUT2D eigenvalue weighted by Gasteiger charge is 2.13. The summed E-state index contributed by atoms with van der Waals surface area (Å²) >= 11 is 0. The maximum atomic E-state index is 12.4. The van der Waals surface area contributed by atoms with Gasteiger partial charge in [0.1, 0.15) is 23.1 Å². The predicted octanol–water partition coefficient (Wildman–Crippen LogP) is 2.63. The highest BCUT2D eigenvalue weighted by Crippen LogP contribution is 2.29. The van der Waals surface area contributed by atoms with Crippen molar-refractivity contribution in [2.24, 2.45) is 0 Å². The summed E-state index contributed by atoms with van der Waals surface area (Å²) < 4.78 is 15.0. The molecule has 2 aromatic carbocycles. The first-order valence-electron chi connectivity index (χ1n) is 8.56. The third-order valence-corrected chi connectivity index (χ3v) is 3.95. The number of carbonyl (C=O) groups is 2. The van der Waals surface area contributed by atoms with Crippen molar-refractivity contribution in [2.75, 3.05) is 26.6 Å². The van der Waals surface area contributed by atoms with Gasteiger partial charge in [-0.1, -0.05) is 12.1 Å². The Labute approximate surface area is 168 Å². The molecule has 150 valence electrons. The van der Waals surface area contributed by atoms with Gasteiger partial charge in [-0.15, -0.1) is 0 Å². The Kier molecular flexibility index (Phi) is 7.62. The van der Waals surface area contributed by atoms with Crippen LogP contribution in [0.5, 0.6) is 11.5 Å². The lowest BCUT2D eigenvalue weighted by atomic mass is 10.1. The van der Waals surface area contributed by atoms with Crippen molar-refractivity contribution in [1.82, 2.24) is 5.32 Å². The summed E-state index contributed by atoms with van der Waals surface area (Å²) in [5.41, 5.74) is 1.58. The van der Waals surface area contributed by atoms with E-state index in [2.05, 4.69) is 15.4 Å². The number of amides is 1. The molecule has 0 aliphatic heterocycles. The van der Waals surface area contributed by atoms with Crippen LogP contribution >= 0.6 is 0 Å².